The molecule has 4 nitrogen and oxygen atoms in total. The largest absolute Gasteiger partial charge is 0.333 e. The summed E-state index contributed by atoms with van der Waals surface area (Å²) in [4.78, 5) is 20.0. The van der Waals surface area contributed by atoms with E-state index in [0.29, 0.717) is 5.75 Å². The van der Waals surface area contributed by atoms with E-state index in [1.165, 1.54) is 17.3 Å². The third-order valence-electron chi connectivity index (χ3n) is 4.42. The molecule has 29 heavy (non-hydrogen) atoms. The van der Waals surface area contributed by atoms with Crippen molar-refractivity contribution in [2.75, 3.05) is 11.1 Å². The van der Waals surface area contributed by atoms with Crippen molar-refractivity contribution >= 4 is 46.5 Å². The summed E-state index contributed by atoms with van der Waals surface area (Å²) in [6.45, 7) is 2.04. The van der Waals surface area contributed by atoms with E-state index in [-0.39, 0.29) is 5.91 Å². The molecule has 4 rings (SSSR count). The fourth-order valence-electron chi connectivity index (χ4n) is 2.93. The van der Waals surface area contributed by atoms with Gasteiger partial charge in [-0.2, -0.15) is 0 Å². The summed E-state index contributed by atoms with van der Waals surface area (Å²) in [5.74, 6) is 0.244. The molecule has 4 aromatic rings. The monoisotopic (exact) mass is 399 g/mol. The number of aryl methyl sites for hydroxylation is 1. The highest BCUT2D eigenvalue weighted by molar-refractivity contribution is 7.99. The second kappa shape index (κ2) is 8.80. The lowest BCUT2D eigenvalue weighted by Crippen LogP contribution is -2.14. The molecule has 1 amide bonds. The second-order valence-electron chi connectivity index (χ2n) is 6.77. The molecule has 0 bridgehead atoms. The quantitative estimate of drug-likeness (QED) is 0.319. The molecule has 0 fully saturated rings. The molecule has 1 aromatic heterocycles. The minimum absolute atomic E-state index is 0.0563. The minimum atomic E-state index is -0.0563. The Hall–Kier alpha value is -3.31. The number of nitrogens with zero attached hydrogens (tertiary/aromatic N) is 1. The Kier molecular flexibility index (Phi) is 5.77. The summed E-state index contributed by atoms with van der Waals surface area (Å²) in [6, 6.07) is 24.0. The van der Waals surface area contributed by atoms with Crippen molar-refractivity contribution in [1.82, 2.24) is 9.97 Å². The lowest BCUT2D eigenvalue weighted by Gasteiger charge is -2.04. The number of fused-ring (bicyclic) bond motifs is 1. The highest BCUT2D eigenvalue weighted by Crippen LogP contribution is 2.21. The Morgan fingerprint density at radius 3 is 2.48 bits per heavy atom. The molecule has 0 aliphatic rings. The number of thioether (sulfide) groups is 1. The van der Waals surface area contributed by atoms with Crippen LogP contribution < -0.4 is 5.32 Å². The molecule has 0 spiro atoms. The predicted molar refractivity (Wildman–Crippen MR) is 122 cm³/mol. The van der Waals surface area contributed by atoms with Crippen LogP contribution in [0.1, 0.15) is 16.7 Å². The third-order valence-corrected chi connectivity index (χ3v) is 5.29. The highest BCUT2D eigenvalue weighted by Gasteiger charge is 2.07. The fourth-order valence-corrected chi connectivity index (χ4v) is 3.62. The number of hydrogen-bond acceptors (Lipinski definition) is 3. The molecule has 0 radical (unpaired) electrons. The van der Waals surface area contributed by atoms with Crippen LogP contribution in [0.3, 0.4) is 0 Å². The van der Waals surface area contributed by atoms with Crippen molar-refractivity contribution in [3.8, 4) is 0 Å². The van der Waals surface area contributed by atoms with E-state index in [1.807, 2.05) is 61.5 Å². The molecule has 0 saturated heterocycles. The number of H-pyrrole nitrogens is 1. The maximum absolute atomic E-state index is 12.3. The molecule has 0 saturated carbocycles. The highest BCUT2D eigenvalue weighted by atomic mass is 32.2. The molecule has 144 valence electrons. The van der Waals surface area contributed by atoms with Gasteiger partial charge in [-0.1, -0.05) is 72.4 Å². The Morgan fingerprint density at radius 2 is 1.72 bits per heavy atom. The van der Waals surface area contributed by atoms with Crippen LogP contribution in [-0.4, -0.2) is 21.6 Å². The molecule has 0 aliphatic carbocycles. The first-order valence-electron chi connectivity index (χ1n) is 9.38. The predicted octanol–water partition coefficient (Wildman–Crippen LogP) is 5.77. The van der Waals surface area contributed by atoms with Crippen LogP contribution in [0.2, 0.25) is 0 Å². The van der Waals surface area contributed by atoms with Crippen LogP contribution in [0.25, 0.3) is 23.2 Å². The fraction of sp³-hybridized carbons (Fsp3) is 0.0833. The molecule has 2 N–H and O–H groups in total. The topological polar surface area (TPSA) is 57.8 Å². The van der Waals surface area contributed by atoms with Crippen LogP contribution in [0.4, 0.5) is 5.69 Å². The van der Waals surface area contributed by atoms with Gasteiger partial charge in [-0.25, -0.2) is 4.98 Å². The molecular formula is C24H21N3OS. The zero-order valence-corrected chi connectivity index (χ0v) is 16.9. The van der Waals surface area contributed by atoms with Gasteiger partial charge >= 0.3 is 0 Å². The Bertz CT molecular complexity index is 1150. The van der Waals surface area contributed by atoms with E-state index in [2.05, 4.69) is 45.6 Å². The number of aromatic amines is 1. The molecule has 1 heterocycles. The Balaban J connectivity index is 1.31. The second-order valence-corrected chi connectivity index (χ2v) is 7.73. The first kappa shape index (κ1) is 19.0. The third kappa shape index (κ3) is 5.15. The summed E-state index contributed by atoms with van der Waals surface area (Å²) in [6.07, 6.45) is 4.12. The summed E-state index contributed by atoms with van der Waals surface area (Å²) in [7, 11) is 0. The van der Waals surface area contributed by atoms with Crippen molar-refractivity contribution in [2.24, 2.45) is 0 Å². The van der Waals surface area contributed by atoms with Gasteiger partial charge in [0.1, 0.15) is 0 Å². The average molecular weight is 400 g/mol. The smallest absolute Gasteiger partial charge is 0.234 e. The Labute approximate surface area is 174 Å². The first-order chi connectivity index (χ1) is 14.2. The number of carbonyl (C=O) groups is 1. The maximum Gasteiger partial charge on any atom is 0.234 e. The zero-order chi connectivity index (χ0) is 20.1. The van der Waals surface area contributed by atoms with Gasteiger partial charge in [0.25, 0.3) is 0 Å². The van der Waals surface area contributed by atoms with E-state index in [4.69, 9.17) is 0 Å². The van der Waals surface area contributed by atoms with Crippen molar-refractivity contribution in [1.29, 1.82) is 0 Å². The van der Waals surface area contributed by atoms with Crippen molar-refractivity contribution < 1.29 is 4.79 Å². The number of nitrogens with one attached hydrogen (secondary N) is 2. The van der Waals surface area contributed by atoms with Crippen molar-refractivity contribution in [3.05, 3.63) is 89.5 Å². The van der Waals surface area contributed by atoms with Gasteiger partial charge in [-0.15, -0.1) is 0 Å². The van der Waals surface area contributed by atoms with Gasteiger partial charge in [-0.05, 0) is 47.9 Å². The number of benzene rings is 3. The molecule has 3 aromatic carbocycles. The van der Waals surface area contributed by atoms with E-state index >= 15 is 0 Å². The van der Waals surface area contributed by atoms with Gasteiger partial charge in [0, 0.05) is 5.69 Å². The molecule has 0 atom stereocenters. The van der Waals surface area contributed by atoms with Crippen LogP contribution in [0.15, 0.2) is 78.0 Å². The summed E-state index contributed by atoms with van der Waals surface area (Å²) in [5, 5.41) is 3.68. The number of amides is 1. The molecular weight excluding hydrogens is 378 g/mol. The normalized spacial score (nSPS) is 11.2. The van der Waals surface area contributed by atoms with E-state index in [1.54, 1.807) is 0 Å². The van der Waals surface area contributed by atoms with Gasteiger partial charge in [0.2, 0.25) is 5.91 Å². The van der Waals surface area contributed by atoms with Crippen LogP contribution in [0, 0.1) is 6.92 Å². The maximum atomic E-state index is 12.3. The Morgan fingerprint density at radius 1 is 1.00 bits per heavy atom. The van der Waals surface area contributed by atoms with Crippen LogP contribution in [0.5, 0.6) is 0 Å². The lowest BCUT2D eigenvalue weighted by atomic mass is 10.1. The number of carbonyl (C=O) groups excluding carboxylic acids is 1. The zero-order valence-electron chi connectivity index (χ0n) is 16.1. The van der Waals surface area contributed by atoms with Crippen LogP contribution in [-0.2, 0) is 4.79 Å². The standard InChI is InChI=1S/C24H21N3OS/c1-17-7-14-21-22(15-17)27-24(26-21)29-16-23(28)25-20-12-10-19(11-13-20)9-8-18-5-3-2-4-6-18/h2-15H,16H2,1H3,(H,25,28)(H,26,27). The summed E-state index contributed by atoms with van der Waals surface area (Å²) < 4.78 is 0. The summed E-state index contributed by atoms with van der Waals surface area (Å²) >= 11 is 1.40. The van der Waals surface area contributed by atoms with Gasteiger partial charge in [0.15, 0.2) is 5.16 Å². The van der Waals surface area contributed by atoms with Gasteiger partial charge < -0.3 is 10.3 Å². The lowest BCUT2D eigenvalue weighted by molar-refractivity contribution is -0.113. The van der Waals surface area contributed by atoms with Gasteiger partial charge in [-0.3, -0.25) is 4.79 Å². The number of rotatable bonds is 6. The molecule has 0 unspecified atom stereocenters. The SMILES string of the molecule is Cc1ccc2nc(SCC(=O)Nc3ccc(C=Cc4ccccc4)cc3)[nH]c2c1. The van der Waals surface area contributed by atoms with E-state index < -0.39 is 0 Å². The van der Waals surface area contributed by atoms with Gasteiger partial charge in [0.05, 0.1) is 16.8 Å². The number of anilines is 1. The molecule has 5 heteroatoms. The van der Waals surface area contributed by atoms with E-state index in [9.17, 15) is 4.79 Å². The first-order valence-corrected chi connectivity index (χ1v) is 10.4. The minimum Gasteiger partial charge on any atom is -0.333 e. The van der Waals surface area contributed by atoms with Crippen LogP contribution >= 0.6 is 11.8 Å². The number of imidazole rings is 1. The van der Waals surface area contributed by atoms with Crippen molar-refractivity contribution in [3.63, 3.8) is 0 Å². The summed E-state index contributed by atoms with van der Waals surface area (Å²) in [5.41, 5.74) is 6.11. The number of aromatic nitrogens is 2. The van der Waals surface area contributed by atoms with Crippen molar-refractivity contribution in [2.45, 2.75) is 12.1 Å². The number of hydrogen-bond donors (Lipinski definition) is 2. The van der Waals surface area contributed by atoms with E-state index in [0.717, 1.165) is 33.0 Å². The molecule has 0 aliphatic heterocycles. The average Bonchev–Trinajstić information content (AvgIpc) is 3.14.